The van der Waals surface area contributed by atoms with E-state index in [4.69, 9.17) is 5.73 Å². The molecule has 1 aromatic carbocycles. The third kappa shape index (κ3) is 3.10. The second kappa shape index (κ2) is 5.35. The van der Waals surface area contributed by atoms with Crippen molar-refractivity contribution in [2.24, 2.45) is 0 Å². The van der Waals surface area contributed by atoms with Crippen molar-refractivity contribution in [1.29, 1.82) is 0 Å². The fourth-order valence-corrected chi connectivity index (χ4v) is 1.73. The summed E-state index contributed by atoms with van der Waals surface area (Å²) in [6, 6.07) is 7.91. The van der Waals surface area contributed by atoms with Crippen molar-refractivity contribution in [3.05, 3.63) is 47.2 Å². The zero-order valence-electron chi connectivity index (χ0n) is 10.2. The number of aryl methyl sites for hydroxylation is 1. The number of nitrogens with two attached hydrogens (primary N) is 1. The van der Waals surface area contributed by atoms with Gasteiger partial charge in [0.05, 0.1) is 12.6 Å². The van der Waals surface area contributed by atoms with Crippen LogP contribution in [0.5, 0.6) is 0 Å². The number of hydrogen-bond acceptors (Lipinski definition) is 3. The van der Waals surface area contributed by atoms with E-state index in [0.29, 0.717) is 18.8 Å². The van der Waals surface area contributed by atoms with Gasteiger partial charge in [0.15, 0.2) is 0 Å². The van der Waals surface area contributed by atoms with E-state index in [1.54, 1.807) is 6.20 Å². The minimum atomic E-state index is -0.0267. The Hall–Kier alpha value is -2.30. The molecule has 0 aliphatic rings. The highest BCUT2D eigenvalue weighted by atomic mass is 16.1. The van der Waals surface area contributed by atoms with Crippen LogP contribution in [0.4, 0.5) is 5.82 Å². The van der Waals surface area contributed by atoms with Crippen LogP contribution in [-0.2, 0) is 17.8 Å². The van der Waals surface area contributed by atoms with Crippen LogP contribution in [0.15, 0.2) is 30.5 Å². The molecule has 0 aliphatic carbocycles. The molecule has 1 aromatic heterocycles. The van der Waals surface area contributed by atoms with Crippen LogP contribution in [0, 0.1) is 6.92 Å². The molecule has 94 valence electrons. The summed E-state index contributed by atoms with van der Waals surface area (Å²) < 4.78 is 0. The quantitative estimate of drug-likeness (QED) is 0.754. The van der Waals surface area contributed by atoms with Crippen LogP contribution < -0.4 is 11.1 Å². The molecular formula is C13H16N4O. The number of benzene rings is 1. The van der Waals surface area contributed by atoms with Gasteiger partial charge >= 0.3 is 0 Å². The number of anilines is 1. The molecule has 4 N–H and O–H groups in total. The van der Waals surface area contributed by atoms with Gasteiger partial charge in [-0.3, -0.25) is 9.89 Å². The molecule has 0 unspecified atom stereocenters. The first-order valence-corrected chi connectivity index (χ1v) is 5.75. The van der Waals surface area contributed by atoms with Crippen molar-refractivity contribution in [3.63, 3.8) is 0 Å². The molecule has 0 bridgehead atoms. The van der Waals surface area contributed by atoms with Crippen LogP contribution in [0.1, 0.15) is 16.7 Å². The lowest BCUT2D eigenvalue weighted by atomic mass is 10.1. The second-order valence-electron chi connectivity index (χ2n) is 4.25. The van der Waals surface area contributed by atoms with Gasteiger partial charge in [-0.1, -0.05) is 29.8 Å². The number of hydrogen-bond donors (Lipinski definition) is 3. The average Bonchev–Trinajstić information content (AvgIpc) is 2.72. The molecule has 2 rings (SSSR count). The number of carbonyl (C=O) groups is 1. The van der Waals surface area contributed by atoms with Crippen LogP contribution >= 0.6 is 0 Å². The van der Waals surface area contributed by atoms with E-state index in [2.05, 4.69) is 15.5 Å². The number of nitrogens with zero attached hydrogens (tertiary/aromatic N) is 1. The number of nitrogen functional groups attached to an aromatic ring is 1. The summed E-state index contributed by atoms with van der Waals surface area (Å²) in [6.07, 6.45) is 1.99. The Morgan fingerprint density at radius 3 is 3.00 bits per heavy atom. The SMILES string of the molecule is Cc1cccc(CC(=O)NCc2cn[nH]c2N)c1. The third-order valence-electron chi connectivity index (χ3n) is 2.67. The summed E-state index contributed by atoms with van der Waals surface area (Å²) in [5, 5.41) is 9.23. The lowest BCUT2D eigenvalue weighted by Crippen LogP contribution is -2.24. The molecule has 5 heteroatoms. The maximum absolute atomic E-state index is 11.7. The van der Waals surface area contributed by atoms with Crippen molar-refractivity contribution >= 4 is 11.7 Å². The van der Waals surface area contributed by atoms with Gasteiger partial charge in [-0.2, -0.15) is 5.10 Å². The number of aromatic nitrogens is 2. The van der Waals surface area contributed by atoms with Crippen LogP contribution in [0.2, 0.25) is 0 Å². The Labute approximate surface area is 105 Å². The van der Waals surface area contributed by atoms with Crippen molar-refractivity contribution in [1.82, 2.24) is 15.5 Å². The van der Waals surface area contributed by atoms with Gasteiger partial charge in [-0.15, -0.1) is 0 Å². The van der Waals surface area contributed by atoms with Crippen molar-refractivity contribution < 1.29 is 4.79 Å². The van der Waals surface area contributed by atoms with Crippen LogP contribution in [0.3, 0.4) is 0 Å². The fraction of sp³-hybridized carbons (Fsp3) is 0.231. The normalized spacial score (nSPS) is 10.3. The first-order valence-electron chi connectivity index (χ1n) is 5.75. The highest BCUT2D eigenvalue weighted by Crippen LogP contribution is 2.06. The Kier molecular flexibility index (Phi) is 3.62. The molecule has 0 saturated carbocycles. The first kappa shape index (κ1) is 12.2. The number of nitrogens with one attached hydrogen (secondary N) is 2. The Morgan fingerprint density at radius 2 is 2.33 bits per heavy atom. The molecule has 5 nitrogen and oxygen atoms in total. The number of rotatable bonds is 4. The van der Waals surface area contributed by atoms with E-state index < -0.39 is 0 Å². The summed E-state index contributed by atoms with van der Waals surface area (Å²) >= 11 is 0. The van der Waals surface area contributed by atoms with E-state index in [1.807, 2.05) is 31.2 Å². The van der Waals surface area contributed by atoms with Crippen LogP contribution in [0.25, 0.3) is 0 Å². The van der Waals surface area contributed by atoms with E-state index in [9.17, 15) is 4.79 Å². The molecule has 0 aliphatic heterocycles. The highest BCUT2D eigenvalue weighted by Gasteiger charge is 2.06. The van der Waals surface area contributed by atoms with E-state index >= 15 is 0 Å². The maximum atomic E-state index is 11.7. The maximum Gasteiger partial charge on any atom is 0.224 e. The lowest BCUT2D eigenvalue weighted by Gasteiger charge is -2.05. The van der Waals surface area contributed by atoms with Gasteiger partial charge in [-0.05, 0) is 12.5 Å². The molecule has 0 atom stereocenters. The van der Waals surface area contributed by atoms with Gasteiger partial charge in [0.25, 0.3) is 0 Å². The van der Waals surface area contributed by atoms with E-state index in [0.717, 1.165) is 16.7 Å². The summed E-state index contributed by atoms with van der Waals surface area (Å²) in [5.74, 6) is 0.465. The molecule has 2 aromatic rings. The smallest absolute Gasteiger partial charge is 0.224 e. The summed E-state index contributed by atoms with van der Waals surface area (Å²) in [7, 11) is 0. The standard InChI is InChI=1S/C13H16N4O/c1-9-3-2-4-10(5-9)6-12(18)15-7-11-8-16-17-13(11)14/h2-5,8H,6-7H2,1H3,(H,15,18)(H3,14,16,17). The van der Waals surface area contributed by atoms with Gasteiger partial charge in [0.2, 0.25) is 5.91 Å². The molecule has 0 radical (unpaired) electrons. The molecule has 0 spiro atoms. The predicted octanol–water partition coefficient (Wildman–Crippen LogP) is 1.16. The Balaban J connectivity index is 1.88. The fourth-order valence-electron chi connectivity index (χ4n) is 1.73. The van der Waals surface area contributed by atoms with Gasteiger partial charge in [0.1, 0.15) is 5.82 Å². The zero-order valence-corrected chi connectivity index (χ0v) is 10.2. The van der Waals surface area contributed by atoms with E-state index in [1.165, 1.54) is 0 Å². The summed E-state index contributed by atoms with van der Waals surface area (Å²) in [6.45, 7) is 2.40. The average molecular weight is 244 g/mol. The monoisotopic (exact) mass is 244 g/mol. The van der Waals surface area contributed by atoms with Crippen LogP contribution in [-0.4, -0.2) is 16.1 Å². The van der Waals surface area contributed by atoms with Crippen molar-refractivity contribution in [3.8, 4) is 0 Å². The van der Waals surface area contributed by atoms with Gasteiger partial charge in [0, 0.05) is 12.1 Å². The number of amides is 1. The Bertz CT molecular complexity index is 547. The Morgan fingerprint density at radius 1 is 1.50 bits per heavy atom. The first-order chi connectivity index (χ1) is 8.65. The number of H-pyrrole nitrogens is 1. The molecule has 18 heavy (non-hydrogen) atoms. The lowest BCUT2D eigenvalue weighted by molar-refractivity contribution is -0.120. The second-order valence-corrected chi connectivity index (χ2v) is 4.25. The molecule has 0 fully saturated rings. The number of carbonyl (C=O) groups excluding carboxylic acids is 1. The molecule has 1 amide bonds. The predicted molar refractivity (Wildman–Crippen MR) is 69.7 cm³/mol. The minimum Gasteiger partial charge on any atom is -0.384 e. The minimum absolute atomic E-state index is 0.0267. The van der Waals surface area contributed by atoms with E-state index in [-0.39, 0.29) is 5.91 Å². The highest BCUT2D eigenvalue weighted by molar-refractivity contribution is 5.78. The molecule has 1 heterocycles. The molecular weight excluding hydrogens is 228 g/mol. The van der Waals surface area contributed by atoms with Gasteiger partial charge in [-0.25, -0.2) is 0 Å². The number of aromatic amines is 1. The topological polar surface area (TPSA) is 83.8 Å². The molecule has 0 saturated heterocycles. The zero-order chi connectivity index (χ0) is 13.0. The summed E-state index contributed by atoms with van der Waals surface area (Å²) in [5.41, 5.74) is 8.59. The van der Waals surface area contributed by atoms with Crippen molar-refractivity contribution in [2.45, 2.75) is 19.9 Å². The summed E-state index contributed by atoms with van der Waals surface area (Å²) in [4.78, 5) is 11.7. The third-order valence-corrected chi connectivity index (χ3v) is 2.67. The van der Waals surface area contributed by atoms with Crippen molar-refractivity contribution in [2.75, 3.05) is 5.73 Å². The van der Waals surface area contributed by atoms with Gasteiger partial charge < -0.3 is 11.1 Å². The largest absolute Gasteiger partial charge is 0.384 e.